The van der Waals surface area contributed by atoms with E-state index in [0.29, 0.717) is 0 Å². The monoisotopic (exact) mass is 316 g/mol. The van der Waals surface area contributed by atoms with Crippen molar-refractivity contribution in [2.24, 2.45) is 5.84 Å². The smallest absolute Gasteiger partial charge is 0.122 e. The molecule has 0 saturated carbocycles. The van der Waals surface area contributed by atoms with Gasteiger partial charge >= 0.3 is 0 Å². The molecule has 0 heterocycles. The molecule has 1 unspecified atom stereocenters. The summed E-state index contributed by atoms with van der Waals surface area (Å²) in [6.07, 6.45) is 0.722. The van der Waals surface area contributed by atoms with Crippen molar-refractivity contribution < 1.29 is 9.47 Å². The van der Waals surface area contributed by atoms with E-state index in [9.17, 15) is 0 Å². The lowest BCUT2D eigenvalue weighted by atomic mass is 9.92. The third-order valence-electron chi connectivity index (χ3n) is 3.23. The summed E-state index contributed by atoms with van der Waals surface area (Å²) in [5.74, 6) is 6.48. The fourth-order valence-electron chi connectivity index (χ4n) is 1.77. The normalized spacial score (nSPS) is 13.4. The molecule has 1 aromatic carbocycles. The topological polar surface area (TPSA) is 56.5 Å². The molecular formula is C13H21BrN2O2. The minimum absolute atomic E-state index is 0.00861. The summed E-state index contributed by atoms with van der Waals surface area (Å²) >= 11 is 3.47. The second-order valence-corrected chi connectivity index (χ2v) is 5.60. The number of hydrazine groups is 1. The van der Waals surface area contributed by atoms with Crippen LogP contribution in [0.1, 0.15) is 19.4 Å². The third-order valence-corrected chi connectivity index (χ3v) is 3.73. The first-order valence-corrected chi connectivity index (χ1v) is 6.57. The number of methoxy groups -OCH3 is 2. The summed E-state index contributed by atoms with van der Waals surface area (Å²) in [6, 6.07) is 5.92. The van der Waals surface area contributed by atoms with Gasteiger partial charge in [0.05, 0.1) is 18.8 Å². The molecule has 0 aliphatic rings. The summed E-state index contributed by atoms with van der Waals surface area (Å²) in [5, 5.41) is 0. The first kappa shape index (κ1) is 15.4. The van der Waals surface area contributed by atoms with Crippen LogP contribution in [0.25, 0.3) is 0 Å². The number of benzene rings is 1. The maximum atomic E-state index is 5.63. The highest BCUT2D eigenvalue weighted by atomic mass is 79.9. The molecule has 1 atom stereocenters. The van der Waals surface area contributed by atoms with Crippen molar-refractivity contribution in [3.63, 3.8) is 0 Å². The molecule has 3 N–H and O–H groups in total. The van der Waals surface area contributed by atoms with Crippen LogP contribution < -0.4 is 16.0 Å². The first-order chi connectivity index (χ1) is 8.44. The molecule has 1 aromatic rings. The van der Waals surface area contributed by atoms with Crippen LogP contribution in [-0.4, -0.2) is 25.9 Å². The van der Waals surface area contributed by atoms with E-state index in [0.717, 1.165) is 22.2 Å². The van der Waals surface area contributed by atoms with Crippen molar-refractivity contribution in [3.05, 3.63) is 28.2 Å². The molecule has 0 fully saturated rings. The fraction of sp³-hybridized carbons (Fsp3) is 0.538. The number of nitrogens with two attached hydrogens (primary N) is 1. The van der Waals surface area contributed by atoms with E-state index >= 15 is 0 Å². The molecule has 4 nitrogen and oxygen atoms in total. The van der Waals surface area contributed by atoms with Gasteiger partial charge in [-0.15, -0.1) is 0 Å². The van der Waals surface area contributed by atoms with Gasteiger partial charge in [-0.3, -0.25) is 11.3 Å². The minimum Gasteiger partial charge on any atom is -0.496 e. The molecule has 0 aliphatic heterocycles. The molecule has 0 saturated heterocycles. The maximum absolute atomic E-state index is 5.63. The highest BCUT2D eigenvalue weighted by molar-refractivity contribution is 9.10. The van der Waals surface area contributed by atoms with Crippen LogP contribution in [0.5, 0.6) is 5.75 Å². The van der Waals surface area contributed by atoms with Gasteiger partial charge in [0.25, 0.3) is 0 Å². The van der Waals surface area contributed by atoms with E-state index < -0.39 is 0 Å². The summed E-state index contributed by atoms with van der Waals surface area (Å²) in [6.45, 7) is 4.00. The largest absolute Gasteiger partial charge is 0.496 e. The van der Waals surface area contributed by atoms with Crippen molar-refractivity contribution in [3.8, 4) is 5.75 Å². The molecule has 0 aromatic heterocycles. The highest BCUT2D eigenvalue weighted by Crippen LogP contribution is 2.26. The standard InChI is InChI=1S/C13H21BrN2O2/c1-13(2,18-4)12(16-15)8-9-7-10(14)5-6-11(9)17-3/h5-7,12,16H,8,15H2,1-4H3. The Kier molecular flexibility index (Phi) is 5.59. The third kappa shape index (κ3) is 3.68. The van der Waals surface area contributed by atoms with Gasteiger partial charge in [-0.25, -0.2) is 0 Å². The zero-order chi connectivity index (χ0) is 13.8. The van der Waals surface area contributed by atoms with Crippen molar-refractivity contribution in [2.45, 2.75) is 31.9 Å². The van der Waals surface area contributed by atoms with Gasteiger partial charge in [0, 0.05) is 11.6 Å². The Labute approximate surface area is 117 Å². The van der Waals surface area contributed by atoms with Gasteiger partial charge in [0.15, 0.2) is 0 Å². The lowest BCUT2D eigenvalue weighted by Gasteiger charge is -2.33. The van der Waals surface area contributed by atoms with Gasteiger partial charge in [-0.05, 0) is 44.0 Å². The molecule has 5 heteroatoms. The fourth-order valence-corrected chi connectivity index (χ4v) is 2.18. The molecular weight excluding hydrogens is 296 g/mol. The van der Waals surface area contributed by atoms with Crippen molar-refractivity contribution >= 4 is 15.9 Å². The maximum Gasteiger partial charge on any atom is 0.122 e. The number of hydrogen-bond donors (Lipinski definition) is 2. The van der Waals surface area contributed by atoms with Crippen LogP contribution in [0.15, 0.2) is 22.7 Å². The average molecular weight is 317 g/mol. The molecule has 1 rings (SSSR count). The SMILES string of the molecule is COc1ccc(Br)cc1CC(NN)C(C)(C)OC. The van der Waals surface area contributed by atoms with Crippen LogP contribution in [-0.2, 0) is 11.2 Å². The lowest BCUT2D eigenvalue weighted by Crippen LogP contribution is -2.52. The zero-order valence-electron chi connectivity index (χ0n) is 11.3. The Bertz CT molecular complexity index is 397. The number of ether oxygens (including phenoxy) is 2. The zero-order valence-corrected chi connectivity index (χ0v) is 12.9. The highest BCUT2D eigenvalue weighted by Gasteiger charge is 2.29. The molecule has 0 aliphatic carbocycles. The van der Waals surface area contributed by atoms with Gasteiger partial charge in [0.1, 0.15) is 5.75 Å². The predicted molar refractivity (Wildman–Crippen MR) is 76.6 cm³/mol. The molecule has 0 amide bonds. The Morgan fingerprint density at radius 1 is 1.39 bits per heavy atom. The number of hydrogen-bond acceptors (Lipinski definition) is 4. The molecule has 0 spiro atoms. The summed E-state index contributed by atoms with van der Waals surface area (Å²) < 4.78 is 11.9. The van der Waals surface area contributed by atoms with E-state index in [4.69, 9.17) is 15.3 Å². The van der Waals surface area contributed by atoms with Crippen LogP contribution in [0.3, 0.4) is 0 Å². The molecule has 0 bridgehead atoms. The van der Waals surface area contributed by atoms with Crippen LogP contribution in [0.4, 0.5) is 0 Å². The second-order valence-electron chi connectivity index (χ2n) is 4.69. The number of halogens is 1. The Morgan fingerprint density at radius 3 is 2.56 bits per heavy atom. The lowest BCUT2D eigenvalue weighted by molar-refractivity contribution is -0.0102. The van der Waals surface area contributed by atoms with Gasteiger partial charge < -0.3 is 9.47 Å². The molecule has 102 valence electrons. The Hall–Kier alpha value is -0.620. The van der Waals surface area contributed by atoms with E-state index in [1.54, 1.807) is 14.2 Å². The van der Waals surface area contributed by atoms with Crippen molar-refractivity contribution in [1.82, 2.24) is 5.43 Å². The van der Waals surface area contributed by atoms with Crippen LogP contribution in [0.2, 0.25) is 0 Å². The number of rotatable bonds is 6. The molecule has 0 radical (unpaired) electrons. The van der Waals surface area contributed by atoms with E-state index in [1.165, 1.54) is 0 Å². The van der Waals surface area contributed by atoms with Crippen LogP contribution >= 0.6 is 15.9 Å². The van der Waals surface area contributed by atoms with Crippen molar-refractivity contribution in [1.29, 1.82) is 0 Å². The van der Waals surface area contributed by atoms with Gasteiger partial charge in [-0.2, -0.15) is 0 Å². The van der Waals surface area contributed by atoms with Crippen molar-refractivity contribution in [2.75, 3.05) is 14.2 Å². The molecule has 18 heavy (non-hydrogen) atoms. The van der Waals surface area contributed by atoms with Crippen LogP contribution in [0, 0.1) is 0 Å². The first-order valence-electron chi connectivity index (χ1n) is 5.78. The average Bonchev–Trinajstić information content (AvgIpc) is 2.35. The Morgan fingerprint density at radius 2 is 2.06 bits per heavy atom. The predicted octanol–water partition coefficient (Wildman–Crippen LogP) is 2.26. The summed E-state index contributed by atoms with van der Waals surface area (Å²) in [5.41, 5.74) is 3.54. The quantitative estimate of drug-likeness (QED) is 0.624. The van der Waals surface area contributed by atoms with E-state index in [2.05, 4.69) is 21.4 Å². The van der Waals surface area contributed by atoms with Gasteiger partial charge in [0.2, 0.25) is 0 Å². The van der Waals surface area contributed by atoms with E-state index in [-0.39, 0.29) is 11.6 Å². The Balaban J connectivity index is 2.97. The summed E-state index contributed by atoms with van der Waals surface area (Å²) in [7, 11) is 3.35. The van der Waals surface area contributed by atoms with Gasteiger partial charge in [-0.1, -0.05) is 15.9 Å². The minimum atomic E-state index is -0.359. The number of nitrogens with one attached hydrogen (secondary N) is 1. The summed E-state index contributed by atoms with van der Waals surface area (Å²) in [4.78, 5) is 0. The van der Waals surface area contributed by atoms with E-state index in [1.807, 2.05) is 32.0 Å². The second kappa shape index (κ2) is 6.52.